The first-order chi connectivity index (χ1) is 15.3. The second-order valence-corrected chi connectivity index (χ2v) is 7.96. The van der Waals surface area contributed by atoms with Crippen molar-refractivity contribution >= 4 is 11.6 Å². The van der Waals surface area contributed by atoms with Crippen molar-refractivity contribution in [2.75, 3.05) is 5.32 Å². The van der Waals surface area contributed by atoms with Gasteiger partial charge >= 0.3 is 0 Å². The molecule has 32 heavy (non-hydrogen) atoms. The Morgan fingerprint density at radius 1 is 1.25 bits per heavy atom. The summed E-state index contributed by atoms with van der Waals surface area (Å²) in [6, 6.07) is 8.85. The monoisotopic (exact) mass is 437 g/mol. The van der Waals surface area contributed by atoms with Crippen LogP contribution in [-0.4, -0.2) is 31.9 Å². The topological polar surface area (TPSA) is 104 Å². The number of halogens is 2. The lowest BCUT2D eigenvalue weighted by molar-refractivity contribution is 0.102. The zero-order valence-electron chi connectivity index (χ0n) is 17.3. The Labute approximate surface area is 183 Å². The van der Waals surface area contributed by atoms with Crippen molar-refractivity contribution in [1.82, 2.24) is 14.8 Å². The first-order valence-electron chi connectivity index (χ1n) is 10.2. The normalized spacial score (nSPS) is 20.5. The summed E-state index contributed by atoms with van der Waals surface area (Å²) in [6.07, 6.45) is 4.56. The predicted octanol–water partition coefficient (Wildman–Crippen LogP) is 3.80. The van der Waals surface area contributed by atoms with Crippen molar-refractivity contribution in [1.29, 1.82) is 5.26 Å². The van der Waals surface area contributed by atoms with Crippen LogP contribution in [0, 0.1) is 29.9 Å². The number of carbonyl (C=O) groups excluding carboxylic acids is 1. The van der Waals surface area contributed by atoms with Gasteiger partial charge in [0.05, 0.1) is 52.6 Å². The van der Waals surface area contributed by atoms with E-state index in [0.717, 1.165) is 12.1 Å². The van der Waals surface area contributed by atoms with Crippen LogP contribution in [0.1, 0.15) is 47.4 Å². The molecular weight excluding hydrogens is 416 g/mol. The van der Waals surface area contributed by atoms with Crippen LogP contribution < -0.4 is 5.32 Å². The zero-order valence-corrected chi connectivity index (χ0v) is 17.3. The van der Waals surface area contributed by atoms with E-state index >= 15 is 0 Å². The number of rotatable bonds is 4. The van der Waals surface area contributed by atoms with E-state index in [0.29, 0.717) is 42.8 Å². The Balaban J connectivity index is 1.51. The van der Waals surface area contributed by atoms with Crippen LogP contribution in [0.5, 0.6) is 0 Å². The van der Waals surface area contributed by atoms with Gasteiger partial charge in [-0.15, -0.1) is 0 Å². The largest absolute Gasteiger partial charge is 0.393 e. The van der Waals surface area contributed by atoms with Gasteiger partial charge in [0.15, 0.2) is 5.82 Å². The van der Waals surface area contributed by atoms with E-state index in [2.05, 4.69) is 21.5 Å². The van der Waals surface area contributed by atoms with Gasteiger partial charge < -0.3 is 10.4 Å². The van der Waals surface area contributed by atoms with Crippen molar-refractivity contribution in [2.24, 2.45) is 0 Å². The molecule has 2 aromatic heterocycles. The average molecular weight is 437 g/mol. The fourth-order valence-corrected chi connectivity index (χ4v) is 4.00. The van der Waals surface area contributed by atoms with Gasteiger partial charge in [0.25, 0.3) is 5.91 Å². The number of aromatic nitrogens is 3. The summed E-state index contributed by atoms with van der Waals surface area (Å²) in [6.45, 7) is 1.61. The first kappa shape index (κ1) is 21.6. The Bertz CT molecular complexity index is 1190. The third-order valence-electron chi connectivity index (χ3n) is 5.93. The molecule has 2 N–H and O–H groups in total. The van der Waals surface area contributed by atoms with Crippen LogP contribution in [0.2, 0.25) is 0 Å². The number of hydrogen-bond acceptors (Lipinski definition) is 5. The van der Waals surface area contributed by atoms with Gasteiger partial charge in [0.2, 0.25) is 0 Å². The van der Waals surface area contributed by atoms with E-state index < -0.39 is 23.0 Å². The summed E-state index contributed by atoms with van der Waals surface area (Å²) >= 11 is 0. The number of aliphatic hydroxyl groups is 1. The van der Waals surface area contributed by atoms with Gasteiger partial charge in [0, 0.05) is 6.07 Å². The number of nitriles is 1. The van der Waals surface area contributed by atoms with E-state index in [1.165, 1.54) is 23.1 Å². The van der Waals surface area contributed by atoms with Crippen LogP contribution in [0.3, 0.4) is 0 Å². The number of nitrogens with one attached hydrogen (secondary N) is 1. The molecule has 1 fully saturated rings. The fourth-order valence-electron chi connectivity index (χ4n) is 4.00. The number of aliphatic hydroxyl groups excluding tert-OH is 1. The highest BCUT2D eigenvalue weighted by Gasteiger charge is 2.38. The maximum atomic E-state index is 14.1. The third-order valence-corrected chi connectivity index (χ3v) is 5.93. The second kappa shape index (κ2) is 8.48. The molecule has 0 unspecified atom stereocenters. The number of carbonyl (C=O) groups is 1. The number of anilines is 1. The standard InChI is InChI=1S/C23H21F2N5O2/c1-14-18(12-28-30(14)20-4-2-15(24)10-19(20)25)22(32)29-16-3-5-21(27-11-16)23(13-26)8-6-17(31)7-9-23/h2-5,10-12,17,31H,6-9H2,1H3,(H,29,32)/t17-,23-. The molecule has 0 saturated heterocycles. The minimum absolute atomic E-state index is 0.0355. The Morgan fingerprint density at radius 2 is 2.00 bits per heavy atom. The summed E-state index contributed by atoms with van der Waals surface area (Å²) in [5.41, 5.74) is 0.963. The maximum absolute atomic E-state index is 14.1. The summed E-state index contributed by atoms with van der Waals surface area (Å²) in [5.74, 6) is -1.95. The molecule has 164 valence electrons. The number of amides is 1. The van der Waals surface area contributed by atoms with Gasteiger partial charge in [-0.2, -0.15) is 10.4 Å². The molecule has 0 radical (unpaired) electrons. The number of pyridine rings is 1. The molecular formula is C23H21F2N5O2. The maximum Gasteiger partial charge on any atom is 0.259 e. The molecule has 0 spiro atoms. The lowest BCUT2D eigenvalue weighted by atomic mass is 9.72. The average Bonchev–Trinajstić information content (AvgIpc) is 3.16. The second-order valence-electron chi connectivity index (χ2n) is 7.96. The lowest BCUT2D eigenvalue weighted by Gasteiger charge is -2.32. The summed E-state index contributed by atoms with van der Waals surface area (Å²) in [4.78, 5) is 17.1. The number of hydrogen-bond donors (Lipinski definition) is 2. The molecule has 2 heterocycles. The predicted molar refractivity (Wildman–Crippen MR) is 112 cm³/mol. The fraction of sp³-hybridized carbons (Fsp3) is 0.304. The molecule has 7 nitrogen and oxygen atoms in total. The quantitative estimate of drug-likeness (QED) is 0.646. The Morgan fingerprint density at radius 3 is 2.62 bits per heavy atom. The zero-order chi connectivity index (χ0) is 22.9. The SMILES string of the molecule is Cc1c(C(=O)Nc2ccc([C@]3(C#N)CC[C@@H](O)CC3)nc2)cnn1-c1ccc(F)cc1F. The molecule has 0 atom stereocenters. The van der Waals surface area contributed by atoms with Crippen molar-refractivity contribution in [3.8, 4) is 11.8 Å². The van der Waals surface area contributed by atoms with Gasteiger partial charge in [-0.3, -0.25) is 9.78 Å². The molecule has 4 rings (SSSR count). The van der Waals surface area contributed by atoms with Gasteiger partial charge in [-0.1, -0.05) is 0 Å². The van der Waals surface area contributed by atoms with Crippen molar-refractivity contribution in [3.05, 3.63) is 71.3 Å². The van der Waals surface area contributed by atoms with Gasteiger partial charge in [-0.25, -0.2) is 13.5 Å². The lowest BCUT2D eigenvalue weighted by Crippen LogP contribution is -2.33. The molecule has 3 aromatic rings. The van der Waals surface area contributed by atoms with E-state index in [1.54, 1.807) is 19.1 Å². The first-order valence-corrected chi connectivity index (χ1v) is 10.2. The summed E-state index contributed by atoms with van der Waals surface area (Å²) < 4.78 is 28.5. The van der Waals surface area contributed by atoms with Crippen molar-refractivity contribution < 1.29 is 18.7 Å². The van der Waals surface area contributed by atoms with Crippen LogP contribution in [0.25, 0.3) is 5.69 Å². The third kappa shape index (κ3) is 3.97. The van der Waals surface area contributed by atoms with Gasteiger partial charge in [-0.05, 0) is 56.9 Å². The smallest absolute Gasteiger partial charge is 0.259 e. The minimum atomic E-state index is -0.787. The summed E-state index contributed by atoms with van der Waals surface area (Å²) in [5, 5.41) is 26.2. The van der Waals surface area contributed by atoms with Crippen molar-refractivity contribution in [3.63, 3.8) is 0 Å². The van der Waals surface area contributed by atoms with Crippen LogP contribution in [-0.2, 0) is 5.41 Å². The molecule has 9 heteroatoms. The Kier molecular flexibility index (Phi) is 5.72. The highest BCUT2D eigenvalue weighted by Crippen LogP contribution is 2.38. The minimum Gasteiger partial charge on any atom is -0.393 e. The van der Waals surface area contributed by atoms with Crippen LogP contribution in [0.4, 0.5) is 14.5 Å². The highest BCUT2D eigenvalue weighted by molar-refractivity contribution is 6.04. The van der Waals surface area contributed by atoms with E-state index in [4.69, 9.17) is 0 Å². The molecule has 1 aliphatic carbocycles. The van der Waals surface area contributed by atoms with Crippen molar-refractivity contribution in [2.45, 2.75) is 44.1 Å². The van der Waals surface area contributed by atoms with E-state index in [9.17, 15) is 23.9 Å². The van der Waals surface area contributed by atoms with Gasteiger partial charge in [0.1, 0.15) is 11.5 Å². The highest BCUT2D eigenvalue weighted by atomic mass is 19.1. The number of benzene rings is 1. The van der Waals surface area contributed by atoms with E-state index in [1.807, 2.05) is 0 Å². The molecule has 0 bridgehead atoms. The molecule has 1 aliphatic rings. The molecule has 1 aromatic carbocycles. The summed E-state index contributed by atoms with van der Waals surface area (Å²) in [7, 11) is 0. The number of nitrogens with zero attached hydrogens (tertiary/aromatic N) is 4. The Hall–Kier alpha value is -3.64. The van der Waals surface area contributed by atoms with Crippen LogP contribution in [0.15, 0.2) is 42.7 Å². The molecule has 1 amide bonds. The van der Waals surface area contributed by atoms with Crippen LogP contribution >= 0.6 is 0 Å². The molecule has 0 aliphatic heterocycles. The molecule has 1 saturated carbocycles. The van der Waals surface area contributed by atoms with E-state index in [-0.39, 0.29) is 17.4 Å².